The third kappa shape index (κ3) is 4.32. The molecule has 0 aromatic heterocycles. The third-order valence-electron chi connectivity index (χ3n) is 5.34. The molecule has 0 aliphatic carbocycles. The van der Waals surface area contributed by atoms with Crippen LogP contribution >= 0.6 is 15.9 Å². The molecule has 2 aromatic carbocycles. The van der Waals surface area contributed by atoms with Crippen molar-refractivity contribution in [2.24, 2.45) is 0 Å². The number of rotatable bonds is 5. The molecule has 0 bridgehead atoms. The van der Waals surface area contributed by atoms with Crippen molar-refractivity contribution in [2.45, 2.75) is 38.5 Å². The van der Waals surface area contributed by atoms with Gasteiger partial charge in [0.25, 0.3) is 11.8 Å². The van der Waals surface area contributed by atoms with Gasteiger partial charge in [-0.25, -0.2) is 0 Å². The number of anilines is 1. The average molecular weight is 486 g/mol. The molecular formula is C22H20BrN3O5. The lowest BCUT2D eigenvalue weighted by molar-refractivity contribution is -0.137. The molecule has 2 aromatic rings. The van der Waals surface area contributed by atoms with E-state index in [9.17, 15) is 19.2 Å². The van der Waals surface area contributed by atoms with Crippen molar-refractivity contribution < 1.29 is 23.9 Å². The quantitative estimate of drug-likeness (QED) is 0.633. The van der Waals surface area contributed by atoms with E-state index in [2.05, 4.69) is 26.6 Å². The van der Waals surface area contributed by atoms with Crippen LogP contribution < -0.4 is 15.4 Å². The number of hydrogen-bond donors (Lipinski definition) is 2. The van der Waals surface area contributed by atoms with Crippen molar-refractivity contribution in [3.8, 4) is 5.75 Å². The van der Waals surface area contributed by atoms with Crippen LogP contribution in [0, 0.1) is 0 Å². The lowest BCUT2D eigenvalue weighted by Crippen LogP contribution is -2.52. The normalized spacial score (nSPS) is 19.0. The number of hydrogen-bond acceptors (Lipinski definition) is 5. The molecule has 2 heterocycles. The maximum Gasteiger partial charge on any atom is 0.265 e. The molecule has 2 atom stereocenters. The number of benzene rings is 2. The summed E-state index contributed by atoms with van der Waals surface area (Å²) in [5.74, 6) is -0.899. The molecule has 2 unspecified atom stereocenters. The van der Waals surface area contributed by atoms with E-state index in [0.717, 1.165) is 4.47 Å². The highest BCUT2D eigenvalue weighted by Crippen LogP contribution is 2.32. The van der Waals surface area contributed by atoms with Gasteiger partial charge in [-0.05, 0) is 49.7 Å². The minimum absolute atomic E-state index is 0.179. The van der Waals surface area contributed by atoms with Gasteiger partial charge in [0.2, 0.25) is 11.8 Å². The summed E-state index contributed by atoms with van der Waals surface area (Å²) in [6.45, 7) is 1.82. The van der Waals surface area contributed by atoms with Crippen LogP contribution in [0.5, 0.6) is 5.75 Å². The number of ether oxygens (including phenoxy) is 1. The summed E-state index contributed by atoms with van der Waals surface area (Å²) in [5.41, 5.74) is 1.57. The molecular weight excluding hydrogens is 466 g/mol. The van der Waals surface area contributed by atoms with Gasteiger partial charge in [-0.15, -0.1) is 0 Å². The minimum Gasteiger partial charge on any atom is -0.481 e. The first kappa shape index (κ1) is 21.0. The zero-order valence-corrected chi connectivity index (χ0v) is 18.3. The van der Waals surface area contributed by atoms with Crippen LogP contribution in [-0.4, -0.2) is 40.7 Å². The Morgan fingerprint density at radius 1 is 1.19 bits per heavy atom. The molecule has 4 amide bonds. The van der Waals surface area contributed by atoms with E-state index in [-0.39, 0.29) is 37.1 Å². The Kier molecular flexibility index (Phi) is 5.77. The molecule has 0 spiro atoms. The molecule has 9 heteroatoms. The van der Waals surface area contributed by atoms with Gasteiger partial charge < -0.3 is 15.0 Å². The highest BCUT2D eigenvalue weighted by atomic mass is 79.9. The number of halogens is 1. The van der Waals surface area contributed by atoms with Crippen molar-refractivity contribution in [1.82, 2.24) is 10.2 Å². The van der Waals surface area contributed by atoms with Gasteiger partial charge in [0, 0.05) is 34.3 Å². The highest BCUT2D eigenvalue weighted by Gasteiger charge is 2.40. The Hall–Kier alpha value is -3.20. The molecule has 160 valence electrons. The maximum absolute atomic E-state index is 12.9. The van der Waals surface area contributed by atoms with E-state index in [0.29, 0.717) is 22.6 Å². The second-order valence-corrected chi connectivity index (χ2v) is 8.35. The SMILES string of the molecule is CC(Oc1ccc(Br)cc1)C(=O)Nc1cccc2c1CN(C1CCC(=O)NC1=O)C2=O. The zero-order valence-electron chi connectivity index (χ0n) is 16.7. The Morgan fingerprint density at radius 3 is 2.65 bits per heavy atom. The van der Waals surface area contributed by atoms with Crippen molar-refractivity contribution in [3.05, 3.63) is 58.1 Å². The third-order valence-corrected chi connectivity index (χ3v) is 5.86. The van der Waals surface area contributed by atoms with E-state index >= 15 is 0 Å². The molecule has 0 radical (unpaired) electrons. The number of amides is 4. The van der Waals surface area contributed by atoms with Crippen LogP contribution in [0.15, 0.2) is 46.9 Å². The first-order valence-electron chi connectivity index (χ1n) is 9.83. The van der Waals surface area contributed by atoms with Crippen molar-refractivity contribution >= 4 is 45.2 Å². The Morgan fingerprint density at radius 2 is 1.94 bits per heavy atom. The number of carbonyl (C=O) groups excluding carboxylic acids is 4. The van der Waals surface area contributed by atoms with E-state index in [1.54, 1.807) is 37.3 Å². The van der Waals surface area contributed by atoms with Gasteiger partial charge >= 0.3 is 0 Å². The van der Waals surface area contributed by atoms with Gasteiger partial charge in [0.05, 0.1) is 0 Å². The Labute approximate surface area is 187 Å². The van der Waals surface area contributed by atoms with Crippen LogP contribution in [0.4, 0.5) is 5.69 Å². The lowest BCUT2D eigenvalue weighted by atomic mass is 10.0. The lowest BCUT2D eigenvalue weighted by Gasteiger charge is -2.29. The molecule has 4 rings (SSSR count). The molecule has 8 nitrogen and oxygen atoms in total. The maximum atomic E-state index is 12.9. The molecule has 2 N–H and O–H groups in total. The number of fused-ring (bicyclic) bond motifs is 1. The average Bonchev–Trinajstić information content (AvgIpc) is 3.07. The van der Waals surface area contributed by atoms with Gasteiger partial charge in [0.1, 0.15) is 11.8 Å². The monoisotopic (exact) mass is 485 g/mol. The molecule has 2 aliphatic heterocycles. The predicted octanol–water partition coefficient (Wildman–Crippen LogP) is 2.62. The standard InChI is InChI=1S/C22H20BrN3O5/c1-12(31-14-7-5-13(23)6-8-14)20(28)24-17-4-2-3-15-16(17)11-26(22(15)30)18-9-10-19(27)25-21(18)29/h2-8,12,18H,9-11H2,1H3,(H,24,28)(H,25,27,29). The number of piperidine rings is 1. The molecule has 0 saturated carbocycles. The van der Waals surface area contributed by atoms with Crippen molar-refractivity contribution in [2.75, 3.05) is 5.32 Å². The molecule has 2 aliphatic rings. The van der Waals surface area contributed by atoms with E-state index in [1.165, 1.54) is 4.90 Å². The largest absolute Gasteiger partial charge is 0.481 e. The van der Waals surface area contributed by atoms with Crippen molar-refractivity contribution in [1.29, 1.82) is 0 Å². The topological polar surface area (TPSA) is 105 Å². The minimum atomic E-state index is -0.764. The second kappa shape index (κ2) is 8.50. The van der Waals surface area contributed by atoms with E-state index in [4.69, 9.17) is 4.74 Å². The van der Waals surface area contributed by atoms with Gasteiger partial charge in [-0.1, -0.05) is 22.0 Å². The smallest absolute Gasteiger partial charge is 0.265 e. The van der Waals surface area contributed by atoms with E-state index in [1.807, 2.05) is 12.1 Å². The number of carbonyl (C=O) groups is 4. The van der Waals surface area contributed by atoms with Gasteiger partial charge in [-0.2, -0.15) is 0 Å². The summed E-state index contributed by atoms with van der Waals surface area (Å²) in [6, 6.07) is 11.5. The number of imide groups is 1. The number of nitrogens with zero attached hydrogens (tertiary/aromatic N) is 1. The summed E-state index contributed by atoms with van der Waals surface area (Å²) in [4.78, 5) is 50.7. The summed E-state index contributed by atoms with van der Waals surface area (Å²) >= 11 is 3.35. The first-order valence-corrected chi connectivity index (χ1v) is 10.6. The van der Waals surface area contributed by atoms with Gasteiger partial charge in [0.15, 0.2) is 6.10 Å². The van der Waals surface area contributed by atoms with Gasteiger partial charge in [-0.3, -0.25) is 24.5 Å². The Bertz CT molecular complexity index is 1070. The fraction of sp³-hybridized carbons (Fsp3) is 0.273. The summed E-state index contributed by atoms with van der Waals surface area (Å²) in [6.07, 6.45) is -0.296. The Balaban J connectivity index is 1.48. The molecule has 1 fully saturated rings. The summed E-state index contributed by atoms with van der Waals surface area (Å²) < 4.78 is 6.59. The first-order chi connectivity index (χ1) is 14.8. The van der Waals surface area contributed by atoms with Crippen LogP contribution in [-0.2, 0) is 20.9 Å². The fourth-order valence-corrected chi connectivity index (χ4v) is 3.97. The summed E-state index contributed by atoms with van der Waals surface area (Å²) in [7, 11) is 0. The van der Waals surface area contributed by atoms with Crippen LogP contribution in [0.3, 0.4) is 0 Å². The molecule has 31 heavy (non-hydrogen) atoms. The van der Waals surface area contributed by atoms with Crippen molar-refractivity contribution in [3.63, 3.8) is 0 Å². The van der Waals surface area contributed by atoms with Crippen LogP contribution in [0.2, 0.25) is 0 Å². The summed E-state index contributed by atoms with van der Waals surface area (Å²) in [5, 5.41) is 5.11. The van der Waals surface area contributed by atoms with Crippen LogP contribution in [0.1, 0.15) is 35.7 Å². The predicted molar refractivity (Wildman–Crippen MR) is 115 cm³/mol. The zero-order chi connectivity index (χ0) is 22.1. The fourth-order valence-electron chi connectivity index (χ4n) is 3.71. The molecule has 1 saturated heterocycles. The second-order valence-electron chi connectivity index (χ2n) is 7.43. The van der Waals surface area contributed by atoms with Crippen LogP contribution in [0.25, 0.3) is 0 Å². The van der Waals surface area contributed by atoms with E-state index < -0.39 is 18.1 Å². The number of nitrogens with one attached hydrogen (secondary N) is 2. The highest BCUT2D eigenvalue weighted by molar-refractivity contribution is 9.10.